The van der Waals surface area contributed by atoms with Crippen LogP contribution in [-0.4, -0.2) is 59.2 Å². The number of benzene rings is 1. The molecule has 0 saturated carbocycles. The van der Waals surface area contributed by atoms with E-state index in [0.717, 1.165) is 28.4 Å². The predicted octanol–water partition coefficient (Wildman–Crippen LogP) is 3.57. The zero-order valence-corrected chi connectivity index (χ0v) is 18.5. The Hall–Kier alpha value is -3.39. The van der Waals surface area contributed by atoms with Crippen molar-refractivity contribution < 1.29 is 40.8 Å². The van der Waals surface area contributed by atoms with Gasteiger partial charge in [0.15, 0.2) is 0 Å². The molecular weight excluding hydrogens is 499 g/mol. The molecule has 1 aliphatic rings. The minimum atomic E-state index is -4.80. The number of carbonyl (C=O) groups excluding carboxylic acids is 2. The van der Waals surface area contributed by atoms with E-state index in [1.807, 2.05) is 0 Å². The molecule has 1 aliphatic heterocycles. The Morgan fingerprint density at radius 2 is 1.86 bits per heavy atom. The van der Waals surface area contributed by atoms with Crippen molar-refractivity contribution in [2.24, 2.45) is 0 Å². The summed E-state index contributed by atoms with van der Waals surface area (Å²) in [5.74, 6) is -7.62. The largest absolute Gasteiger partial charge is 0.471 e. The fourth-order valence-corrected chi connectivity index (χ4v) is 4.21. The van der Waals surface area contributed by atoms with Gasteiger partial charge in [0.25, 0.3) is 11.8 Å². The van der Waals surface area contributed by atoms with Crippen LogP contribution < -0.4 is 5.32 Å². The Kier molecular flexibility index (Phi) is 6.85. The van der Waals surface area contributed by atoms with Gasteiger partial charge in [-0.2, -0.15) is 26.9 Å². The quantitative estimate of drug-likeness (QED) is 0.504. The van der Waals surface area contributed by atoms with Gasteiger partial charge in [-0.15, -0.1) is 11.3 Å². The summed E-state index contributed by atoms with van der Waals surface area (Å²) in [5.41, 5.74) is -0.444. The summed E-state index contributed by atoms with van der Waals surface area (Å²) < 4.78 is 77.0. The van der Waals surface area contributed by atoms with Crippen LogP contribution in [0, 0.1) is 0 Å². The number of alkyl halides is 5. The lowest BCUT2D eigenvalue weighted by atomic mass is 10.1. The van der Waals surface area contributed by atoms with Crippen LogP contribution in [0.3, 0.4) is 0 Å². The van der Waals surface area contributed by atoms with Gasteiger partial charge in [-0.1, -0.05) is 35.5 Å². The number of nitrogens with zero attached hydrogens (tertiary/aromatic N) is 3. The minimum absolute atomic E-state index is 0.0599. The van der Waals surface area contributed by atoms with Gasteiger partial charge in [-0.3, -0.25) is 9.59 Å². The first-order valence-electron chi connectivity index (χ1n) is 10.2. The maximum atomic E-state index is 14.8. The molecule has 0 aliphatic carbocycles. The predicted molar refractivity (Wildman–Crippen MR) is 112 cm³/mol. The third kappa shape index (κ3) is 5.32. The van der Waals surface area contributed by atoms with Crippen LogP contribution >= 0.6 is 11.3 Å². The highest BCUT2D eigenvalue weighted by Crippen LogP contribution is 2.33. The molecule has 14 heteroatoms. The van der Waals surface area contributed by atoms with E-state index in [1.165, 1.54) is 24.3 Å². The van der Waals surface area contributed by atoms with Crippen LogP contribution in [0.4, 0.5) is 22.0 Å². The molecule has 8 nitrogen and oxygen atoms in total. The van der Waals surface area contributed by atoms with Crippen LogP contribution in [0.1, 0.15) is 21.1 Å². The molecule has 1 N–H and O–H groups in total. The number of ether oxygens (including phenoxy) is 1. The lowest BCUT2D eigenvalue weighted by molar-refractivity contribution is -0.167. The maximum Gasteiger partial charge on any atom is 0.471 e. The van der Waals surface area contributed by atoms with Crippen molar-refractivity contribution in [3.63, 3.8) is 0 Å². The second-order valence-electron chi connectivity index (χ2n) is 7.46. The monoisotopic (exact) mass is 516 g/mol. The molecule has 186 valence electrons. The zero-order valence-electron chi connectivity index (χ0n) is 17.7. The SMILES string of the molecule is O=C(NC[C@@H]1COCCN1C(=O)C(F)(F)c1ccccc1)c1ccc(-c2noc(C(F)(F)F)n2)s1. The average Bonchev–Trinajstić information content (AvgIpc) is 3.53. The van der Waals surface area contributed by atoms with E-state index in [9.17, 15) is 31.5 Å². The second kappa shape index (κ2) is 9.70. The lowest BCUT2D eigenvalue weighted by Crippen LogP contribution is -2.56. The molecule has 1 atom stereocenters. The molecular formula is C21H17F5N4O4S. The first kappa shape index (κ1) is 24.7. The van der Waals surface area contributed by atoms with E-state index in [4.69, 9.17) is 4.74 Å². The van der Waals surface area contributed by atoms with Gasteiger partial charge in [0.05, 0.1) is 29.0 Å². The van der Waals surface area contributed by atoms with Crippen LogP contribution in [0.25, 0.3) is 10.7 Å². The van der Waals surface area contributed by atoms with Crippen molar-refractivity contribution in [2.45, 2.75) is 18.1 Å². The van der Waals surface area contributed by atoms with Crippen molar-refractivity contribution in [3.8, 4) is 10.7 Å². The number of thiophene rings is 1. The zero-order chi connectivity index (χ0) is 25.2. The van der Waals surface area contributed by atoms with Gasteiger partial charge in [0.1, 0.15) is 0 Å². The van der Waals surface area contributed by atoms with Gasteiger partial charge >= 0.3 is 18.0 Å². The van der Waals surface area contributed by atoms with Crippen molar-refractivity contribution in [2.75, 3.05) is 26.3 Å². The molecule has 1 aromatic carbocycles. The number of aromatic nitrogens is 2. The smallest absolute Gasteiger partial charge is 0.377 e. The third-order valence-corrected chi connectivity index (χ3v) is 6.19. The van der Waals surface area contributed by atoms with Gasteiger partial charge in [0.2, 0.25) is 5.82 Å². The number of hydrogen-bond acceptors (Lipinski definition) is 7. The molecule has 0 unspecified atom stereocenters. The molecule has 2 amide bonds. The normalized spacial score (nSPS) is 16.8. The Morgan fingerprint density at radius 3 is 2.54 bits per heavy atom. The third-order valence-electron chi connectivity index (χ3n) is 5.11. The van der Waals surface area contributed by atoms with Gasteiger partial charge in [-0.05, 0) is 12.1 Å². The summed E-state index contributed by atoms with van der Waals surface area (Å²) >= 11 is 0.817. The van der Waals surface area contributed by atoms with Crippen molar-refractivity contribution in [1.82, 2.24) is 20.4 Å². The standard InChI is InChI=1S/C21H17F5N4O4S/c22-20(23,12-4-2-1-3-5-12)19(32)30-8-9-33-11-13(30)10-27-17(31)15-7-6-14(35-15)16-28-18(34-29-16)21(24,25)26/h1-7,13H,8-11H2,(H,27,31)/t13-/m1/s1. The minimum Gasteiger partial charge on any atom is -0.377 e. The van der Waals surface area contributed by atoms with Gasteiger partial charge < -0.3 is 19.5 Å². The van der Waals surface area contributed by atoms with E-state index >= 15 is 0 Å². The lowest BCUT2D eigenvalue weighted by Gasteiger charge is -2.37. The number of nitrogens with one attached hydrogen (secondary N) is 1. The number of morpholine rings is 1. The van der Waals surface area contributed by atoms with Gasteiger partial charge in [0, 0.05) is 18.7 Å². The van der Waals surface area contributed by atoms with Gasteiger partial charge in [-0.25, -0.2) is 0 Å². The molecule has 1 saturated heterocycles. The summed E-state index contributed by atoms with van der Waals surface area (Å²) in [6.07, 6.45) is -4.80. The molecule has 3 aromatic rings. The Balaban J connectivity index is 1.41. The summed E-state index contributed by atoms with van der Waals surface area (Å²) in [4.78, 5) is 29.8. The Morgan fingerprint density at radius 1 is 1.11 bits per heavy atom. The fraction of sp³-hybridized carbons (Fsp3) is 0.333. The number of hydrogen-bond donors (Lipinski definition) is 1. The van der Waals surface area contributed by atoms with E-state index in [0.29, 0.717) is 0 Å². The van der Waals surface area contributed by atoms with E-state index in [-0.39, 0.29) is 41.9 Å². The van der Waals surface area contributed by atoms with Crippen LogP contribution in [-0.2, 0) is 21.6 Å². The Bertz CT molecular complexity index is 1200. The average molecular weight is 516 g/mol. The molecule has 3 heterocycles. The highest BCUT2D eigenvalue weighted by molar-refractivity contribution is 7.17. The van der Waals surface area contributed by atoms with Crippen LogP contribution in [0.15, 0.2) is 47.0 Å². The molecule has 4 rings (SSSR count). The highest BCUT2D eigenvalue weighted by Gasteiger charge is 2.46. The van der Waals surface area contributed by atoms with Crippen LogP contribution in [0.5, 0.6) is 0 Å². The van der Waals surface area contributed by atoms with E-state index in [2.05, 4.69) is 20.0 Å². The first-order valence-corrected chi connectivity index (χ1v) is 11.0. The summed E-state index contributed by atoms with van der Waals surface area (Å²) in [6, 6.07) is 8.54. The number of halogens is 5. The molecule has 35 heavy (non-hydrogen) atoms. The number of amides is 2. The maximum absolute atomic E-state index is 14.8. The number of rotatable bonds is 6. The fourth-order valence-electron chi connectivity index (χ4n) is 3.36. The molecule has 2 aromatic heterocycles. The molecule has 1 fully saturated rings. The number of carbonyl (C=O) groups is 2. The summed E-state index contributed by atoms with van der Waals surface area (Å²) in [7, 11) is 0. The van der Waals surface area contributed by atoms with E-state index < -0.39 is 41.4 Å². The first-order chi connectivity index (χ1) is 16.6. The topological polar surface area (TPSA) is 97.6 Å². The van der Waals surface area contributed by atoms with Crippen molar-refractivity contribution >= 4 is 23.2 Å². The van der Waals surface area contributed by atoms with Crippen molar-refractivity contribution in [3.05, 3.63) is 58.8 Å². The van der Waals surface area contributed by atoms with E-state index in [1.54, 1.807) is 6.07 Å². The van der Waals surface area contributed by atoms with Crippen molar-refractivity contribution in [1.29, 1.82) is 0 Å². The summed E-state index contributed by atoms with van der Waals surface area (Å²) in [5, 5.41) is 5.81. The highest BCUT2D eigenvalue weighted by atomic mass is 32.1. The summed E-state index contributed by atoms with van der Waals surface area (Å²) in [6.45, 7) is -0.247. The Labute approximate surface area is 198 Å². The van der Waals surface area contributed by atoms with Crippen LogP contribution in [0.2, 0.25) is 0 Å². The molecule has 0 spiro atoms. The molecule has 0 radical (unpaired) electrons. The second-order valence-corrected chi connectivity index (χ2v) is 8.55. The molecule has 0 bridgehead atoms.